The Kier molecular flexibility index (Phi) is 7.02. The highest BCUT2D eigenvalue weighted by molar-refractivity contribution is 7.89. The van der Waals surface area contributed by atoms with Gasteiger partial charge in [0.15, 0.2) is 0 Å². The highest BCUT2D eigenvalue weighted by atomic mass is 35.5. The van der Waals surface area contributed by atoms with E-state index in [2.05, 4.69) is 9.97 Å². The van der Waals surface area contributed by atoms with Crippen molar-refractivity contribution >= 4 is 33.1 Å². The predicted octanol–water partition coefficient (Wildman–Crippen LogP) is 3.90. The lowest BCUT2D eigenvalue weighted by molar-refractivity contribution is -0.384. The van der Waals surface area contributed by atoms with E-state index in [0.29, 0.717) is 36.7 Å². The molecule has 1 fully saturated rings. The first-order valence-electron chi connectivity index (χ1n) is 10.8. The van der Waals surface area contributed by atoms with Crippen molar-refractivity contribution in [1.82, 2.24) is 14.3 Å². The van der Waals surface area contributed by atoms with Crippen LogP contribution in [0.1, 0.15) is 22.6 Å². The summed E-state index contributed by atoms with van der Waals surface area (Å²) in [5.41, 5.74) is 1.58. The number of rotatable bonds is 6. The summed E-state index contributed by atoms with van der Waals surface area (Å²) in [5.74, 6) is 0.905. The maximum Gasteiger partial charge on any atom is 0.289 e. The fourth-order valence-corrected chi connectivity index (χ4v) is 5.73. The number of sulfonamides is 1. The molecular weight excluding hydrogens is 497 g/mol. The van der Waals surface area contributed by atoms with Crippen molar-refractivity contribution in [3.8, 4) is 0 Å². The van der Waals surface area contributed by atoms with Gasteiger partial charge in [-0.25, -0.2) is 22.8 Å². The SMILES string of the molecule is Cc1nc(C)c(Cc2ccccc2F)c(N2CCN(S(=O)(=O)c3ccc(Cl)c([N+](=O)[O-])c3)CC2)n1. The number of anilines is 1. The van der Waals surface area contributed by atoms with E-state index in [9.17, 15) is 22.9 Å². The summed E-state index contributed by atoms with van der Waals surface area (Å²) in [6.45, 7) is 4.62. The standard InChI is InChI=1S/C23H23ClFN5O4S/c1-15-19(13-17-5-3-4-6-21(17)25)23(27-16(2)26-15)28-9-11-29(12-10-28)35(33,34)18-7-8-20(24)22(14-18)30(31)32/h3-8,14H,9-13H2,1-2H3. The Bertz CT molecular complexity index is 1390. The second kappa shape index (κ2) is 9.84. The summed E-state index contributed by atoms with van der Waals surface area (Å²) in [4.78, 5) is 21.3. The molecule has 1 aliphatic rings. The first kappa shape index (κ1) is 25.0. The minimum absolute atomic E-state index is 0.129. The molecule has 3 aromatic rings. The Labute approximate surface area is 207 Å². The lowest BCUT2D eigenvalue weighted by Crippen LogP contribution is -2.49. The Balaban J connectivity index is 1.58. The van der Waals surface area contributed by atoms with Crippen LogP contribution in [-0.4, -0.2) is 53.8 Å². The zero-order chi connectivity index (χ0) is 25.3. The summed E-state index contributed by atoms with van der Waals surface area (Å²) >= 11 is 5.83. The molecule has 0 aliphatic carbocycles. The van der Waals surface area contributed by atoms with Crippen molar-refractivity contribution in [3.63, 3.8) is 0 Å². The second-order valence-electron chi connectivity index (χ2n) is 8.19. The van der Waals surface area contributed by atoms with Gasteiger partial charge in [-0.15, -0.1) is 0 Å². The monoisotopic (exact) mass is 519 g/mol. The number of piperazine rings is 1. The first-order valence-corrected chi connectivity index (χ1v) is 12.7. The summed E-state index contributed by atoms with van der Waals surface area (Å²) in [7, 11) is -3.96. The Morgan fingerprint density at radius 2 is 1.77 bits per heavy atom. The highest BCUT2D eigenvalue weighted by Gasteiger charge is 2.31. The minimum Gasteiger partial charge on any atom is -0.354 e. The Hall–Kier alpha value is -3.15. The van der Waals surface area contributed by atoms with Gasteiger partial charge < -0.3 is 4.90 Å². The Morgan fingerprint density at radius 1 is 1.09 bits per heavy atom. The van der Waals surface area contributed by atoms with E-state index >= 15 is 0 Å². The van der Waals surface area contributed by atoms with Gasteiger partial charge in [0.25, 0.3) is 5.69 Å². The largest absolute Gasteiger partial charge is 0.354 e. The molecule has 2 heterocycles. The maximum absolute atomic E-state index is 14.3. The average Bonchev–Trinajstić information content (AvgIpc) is 2.82. The molecule has 0 amide bonds. The fourth-order valence-electron chi connectivity index (χ4n) is 4.10. The van der Waals surface area contributed by atoms with Gasteiger partial charge in [0.2, 0.25) is 10.0 Å². The summed E-state index contributed by atoms with van der Waals surface area (Å²) in [6, 6.07) is 9.98. The average molecular weight is 520 g/mol. The number of hydrogen-bond donors (Lipinski definition) is 0. The number of hydrogen-bond acceptors (Lipinski definition) is 7. The van der Waals surface area contributed by atoms with Gasteiger partial charge in [-0.2, -0.15) is 4.31 Å². The van der Waals surface area contributed by atoms with E-state index in [1.807, 2.05) is 11.8 Å². The van der Waals surface area contributed by atoms with Crippen LogP contribution in [0.3, 0.4) is 0 Å². The fraction of sp³-hybridized carbons (Fsp3) is 0.304. The van der Waals surface area contributed by atoms with Crippen LogP contribution in [0, 0.1) is 29.8 Å². The molecule has 0 radical (unpaired) electrons. The summed E-state index contributed by atoms with van der Waals surface area (Å²) < 4.78 is 41.9. The van der Waals surface area contributed by atoms with Crippen LogP contribution in [0.2, 0.25) is 5.02 Å². The van der Waals surface area contributed by atoms with Crippen molar-refractivity contribution in [2.45, 2.75) is 25.2 Å². The zero-order valence-electron chi connectivity index (χ0n) is 19.1. The van der Waals surface area contributed by atoms with Crippen LogP contribution < -0.4 is 4.90 Å². The van der Waals surface area contributed by atoms with E-state index in [4.69, 9.17) is 11.6 Å². The predicted molar refractivity (Wildman–Crippen MR) is 130 cm³/mol. The second-order valence-corrected chi connectivity index (χ2v) is 10.5. The van der Waals surface area contributed by atoms with Crippen LogP contribution in [0.5, 0.6) is 0 Å². The lowest BCUT2D eigenvalue weighted by atomic mass is 10.0. The third kappa shape index (κ3) is 5.12. The van der Waals surface area contributed by atoms with Crippen molar-refractivity contribution in [2.75, 3.05) is 31.1 Å². The summed E-state index contributed by atoms with van der Waals surface area (Å²) in [6.07, 6.45) is 0.307. The van der Waals surface area contributed by atoms with Gasteiger partial charge in [0, 0.05) is 49.9 Å². The van der Waals surface area contributed by atoms with E-state index in [1.54, 1.807) is 25.1 Å². The molecule has 0 N–H and O–H groups in total. The molecular formula is C23H23ClFN5O4S. The van der Waals surface area contributed by atoms with Gasteiger partial charge >= 0.3 is 0 Å². The molecule has 4 rings (SSSR count). The molecule has 1 saturated heterocycles. The molecule has 0 atom stereocenters. The van der Waals surface area contributed by atoms with Crippen molar-refractivity contribution in [3.05, 3.63) is 86.1 Å². The third-order valence-electron chi connectivity index (χ3n) is 5.92. The van der Waals surface area contributed by atoms with E-state index < -0.39 is 20.6 Å². The van der Waals surface area contributed by atoms with E-state index in [1.165, 1.54) is 22.5 Å². The van der Waals surface area contributed by atoms with Crippen LogP contribution in [0.25, 0.3) is 0 Å². The van der Waals surface area contributed by atoms with Gasteiger partial charge in [-0.1, -0.05) is 29.8 Å². The molecule has 2 aromatic carbocycles. The minimum atomic E-state index is -3.96. The number of benzene rings is 2. The first-order chi connectivity index (χ1) is 16.6. The quantitative estimate of drug-likeness (QED) is 0.359. The number of halogens is 2. The topological polar surface area (TPSA) is 110 Å². The van der Waals surface area contributed by atoms with Crippen LogP contribution >= 0.6 is 11.6 Å². The van der Waals surface area contributed by atoms with Crippen LogP contribution in [0.15, 0.2) is 47.4 Å². The molecule has 9 nitrogen and oxygen atoms in total. The van der Waals surface area contributed by atoms with Crippen molar-refractivity contribution < 1.29 is 17.7 Å². The smallest absolute Gasteiger partial charge is 0.289 e. The van der Waals surface area contributed by atoms with E-state index in [0.717, 1.165) is 17.3 Å². The maximum atomic E-state index is 14.3. The molecule has 184 valence electrons. The molecule has 0 saturated carbocycles. The third-order valence-corrected chi connectivity index (χ3v) is 8.13. The number of nitro benzene ring substituents is 1. The number of aromatic nitrogens is 2. The normalized spacial score (nSPS) is 14.8. The van der Waals surface area contributed by atoms with Crippen LogP contribution in [0.4, 0.5) is 15.9 Å². The molecule has 1 aromatic heterocycles. The summed E-state index contributed by atoms with van der Waals surface area (Å²) in [5, 5.41) is 11.1. The molecule has 0 spiro atoms. The van der Waals surface area contributed by atoms with Gasteiger partial charge in [-0.3, -0.25) is 10.1 Å². The molecule has 12 heteroatoms. The highest BCUT2D eigenvalue weighted by Crippen LogP contribution is 2.30. The lowest BCUT2D eigenvalue weighted by Gasteiger charge is -2.35. The molecule has 0 unspecified atom stereocenters. The van der Waals surface area contributed by atoms with E-state index in [-0.39, 0.29) is 28.8 Å². The molecule has 1 aliphatic heterocycles. The molecule has 0 bridgehead atoms. The van der Waals surface area contributed by atoms with Crippen molar-refractivity contribution in [1.29, 1.82) is 0 Å². The van der Waals surface area contributed by atoms with Crippen molar-refractivity contribution in [2.24, 2.45) is 0 Å². The number of aryl methyl sites for hydroxylation is 2. The number of nitro groups is 1. The Morgan fingerprint density at radius 3 is 2.43 bits per heavy atom. The van der Waals surface area contributed by atoms with Crippen LogP contribution in [-0.2, 0) is 16.4 Å². The molecule has 35 heavy (non-hydrogen) atoms. The van der Waals surface area contributed by atoms with Gasteiger partial charge in [-0.05, 0) is 37.6 Å². The van der Waals surface area contributed by atoms with Gasteiger partial charge in [0.05, 0.1) is 9.82 Å². The zero-order valence-corrected chi connectivity index (χ0v) is 20.7. The number of nitrogens with zero attached hydrogens (tertiary/aromatic N) is 5. The van der Waals surface area contributed by atoms with Gasteiger partial charge in [0.1, 0.15) is 22.5 Å².